The normalized spacial score (nSPS) is 16.7. The van der Waals surface area contributed by atoms with Gasteiger partial charge in [-0.3, -0.25) is 9.05 Å². The van der Waals surface area contributed by atoms with Gasteiger partial charge in [-0.1, -0.05) is 13.8 Å². The average molecular weight is 270 g/mol. The first-order chi connectivity index (χ1) is 8.05. The fourth-order valence-electron chi connectivity index (χ4n) is 1.02. The molecule has 0 saturated heterocycles. The number of ether oxygens (including phenoxy) is 2. The van der Waals surface area contributed by atoms with E-state index in [-0.39, 0.29) is 12.7 Å². The lowest BCUT2D eigenvalue weighted by Gasteiger charge is -2.18. The molecule has 2 atom stereocenters. The van der Waals surface area contributed by atoms with Crippen LogP contribution in [0.15, 0.2) is 0 Å². The van der Waals surface area contributed by atoms with Gasteiger partial charge in [0.15, 0.2) is 0 Å². The Balaban J connectivity index is 3.95. The summed E-state index contributed by atoms with van der Waals surface area (Å²) < 4.78 is 30.9. The molecule has 17 heavy (non-hydrogen) atoms. The van der Waals surface area contributed by atoms with Crippen molar-refractivity contribution in [3.63, 3.8) is 0 Å². The van der Waals surface area contributed by atoms with Crippen LogP contribution in [0.4, 0.5) is 0 Å². The molecule has 0 aliphatic heterocycles. The fraction of sp³-hybridized carbons (Fsp3) is 1.00. The van der Waals surface area contributed by atoms with Crippen molar-refractivity contribution in [3.8, 4) is 0 Å². The van der Waals surface area contributed by atoms with Gasteiger partial charge in [0.25, 0.3) is 0 Å². The van der Waals surface area contributed by atoms with Crippen LogP contribution < -0.4 is 0 Å². The summed E-state index contributed by atoms with van der Waals surface area (Å²) in [6.45, 7) is 5.50. The Kier molecular flexibility index (Phi) is 10.0. The lowest BCUT2D eigenvalue weighted by Crippen LogP contribution is -2.26. The summed E-state index contributed by atoms with van der Waals surface area (Å²) in [6.07, 6.45) is 1.43. The zero-order chi connectivity index (χ0) is 13.1. The average Bonchev–Trinajstić information content (AvgIpc) is 2.32. The lowest BCUT2D eigenvalue weighted by atomic mass is 10.4. The highest BCUT2D eigenvalue weighted by molar-refractivity contribution is 7.47. The van der Waals surface area contributed by atoms with Crippen molar-refractivity contribution in [3.05, 3.63) is 0 Å². The molecule has 0 aromatic heterocycles. The second-order valence-corrected chi connectivity index (χ2v) is 5.08. The number of hydrogen-bond donors (Lipinski definition) is 1. The summed E-state index contributed by atoms with van der Waals surface area (Å²) in [5, 5.41) is 0. The molecule has 2 unspecified atom stereocenters. The monoisotopic (exact) mass is 270 g/mol. The van der Waals surface area contributed by atoms with E-state index in [2.05, 4.69) is 4.52 Å². The molecule has 0 heterocycles. The van der Waals surface area contributed by atoms with Crippen LogP contribution in [0.25, 0.3) is 0 Å². The molecular formula is C10H23O6P. The van der Waals surface area contributed by atoms with Crippen molar-refractivity contribution in [2.45, 2.75) is 32.8 Å². The maximum atomic E-state index is 11.1. The van der Waals surface area contributed by atoms with Crippen LogP contribution in [-0.4, -0.2) is 44.5 Å². The van der Waals surface area contributed by atoms with E-state index in [1.165, 1.54) is 0 Å². The number of phosphoric acid groups is 1. The van der Waals surface area contributed by atoms with Crippen LogP contribution in [0.2, 0.25) is 0 Å². The van der Waals surface area contributed by atoms with Crippen molar-refractivity contribution in [1.82, 2.24) is 0 Å². The smallest absolute Gasteiger partial charge is 0.379 e. The highest BCUT2D eigenvalue weighted by atomic mass is 31.2. The highest BCUT2D eigenvalue weighted by Crippen LogP contribution is 2.41. The van der Waals surface area contributed by atoms with Gasteiger partial charge < -0.3 is 14.4 Å². The van der Waals surface area contributed by atoms with Gasteiger partial charge in [0.1, 0.15) is 6.10 Å². The Labute approximate surface area is 103 Å². The minimum Gasteiger partial charge on any atom is -0.379 e. The topological polar surface area (TPSA) is 74.2 Å². The van der Waals surface area contributed by atoms with Gasteiger partial charge in [0.05, 0.1) is 13.2 Å². The minimum atomic E-state index is -3.93. The van der Waals surface area contributed by atoms with E-state index in [4.69, 9.17) is 18.9 Å². The SMILES string of the molecule is CCCOCC(COP(=O)(O)OC)OCCC. The molecule has 104 valence electrons. The molecule has 7 heteroatoms. The van der Waals surface area contributed by atoms with Crippen molar-refractivity contribution in [2.24, 2.45) is 0 Å². The van der Waals surface area contributed by atoms with Gasteiger partial charge in [0, 0.05) is 20.3 Å². The van der Waals surface area contributed by atoms with E-state index in [1.807, 2.05) is 13.8 Å². The third-order valence-electron chi connectivity index (χ3n) is 1.86. The Bertz CT molecular complexity index is 223. The molecule has 0 aliphatic rings. The van der Waals surface area contributed by atoms with E-state index < -0.39 is 7.82 Å². The molecule has 0 aromatic carbocycles. The zero-order valence-electron chi connectivity index (χ0n) is 10.8. The third-order valence-corrected chi connectivity index (χ3v) is 2.80. The first kappa shape index (κ1) is 17.0. The number of rotatable bonds is 11. The Morgan fingerprint density at radius 2 is 1.82 bits per heavy atom. The molecule has 0 spiro atoms. The van der Waals surface area contributed by atoms with E-state index in [9.17, 15) is 4.57 Å². The first-order valence-corrected chi connectivity index (χ1v) is 7.27. The molecule has 0 radical (unpaired) electrons. The summed E-state index contributed by atoms with van der Waals surface area (Å²) in [5.74, 6) is 0. The van der Waals surface area contributed by atoms with Crippen molar-refractivity contribution >= 4 is 7.82 Å². The zero-order valence-corrected chi connectivity index (χ0v) is 11.7. The van der Waals surface area contributed by atoms with E-state index in [0.717, 1.165) is 20.0 Å². The van der Waals surface area contributed by atoms with Gasteiger partial charge in [-0.15, -0.1) is 0 Å². The third kappa shape index (κ3) is 9.71. The number of phosphoric ester groups is 1. The Morgan fingerprint density at radius 1 is 1.18 bits per heavy atom. The highest BCUT2D eigenvalue weighted by Gasteiger charge is 2.21. The van der Waals surface area contributed by atoms with E-state index in [0.29, 0.717) is 19.8 Å². The summed E-state index contributed by atoms with van der Waals surface area (Å²) in [5.41, 5.74) is 0. The van der Waals surface area contributed by atoms with Gasteiger partial charge in [-0.25, -0.2) is 4.57 Å². The Hall–Kier alpha value is 0.0300. The van der Waals surface area contributed by atoms with Gasteiger partial charge in [0.2, 0.25) is 0 Å². The van der Waals surface area contributed by atoms with Gasteiger partial charge in [-0.05, 0) is 12.8 Å². The van der Waals surface area contributed by atoms with Crippen molar-refractivity contribution < 1.29 is 28.0 Å². The van der Waals surface area contributed by atoms with E-state index in [1.54, 1.807) is 0 Å². The van der Waals surface area contributed by atoms with Crippen molar-refractivity contribution in [2.75, 3.05) is 33.5 Å². The van der Waals surface area contributed by atoms with E-state index >= 15 is 0 Å². The summed E-state index contributed by atoms with van der Waals surface area (Å²) in [6, 6.07) is 0. The molecule has 6 nitrogen and oxygen atoms in total. The first-order valence-electron chi connectivity index (χ1n) is 5.78. The maximum absolute atomic E-state index is 11.1. The Morgan fingerprint density at radius 3 is 2.35 bits per heavy atom. The molecule has 1 N–H and O–H groups in total. The molecular weight excluding hydrogens is 247 g/mol. The van der Waals surface area contributed by atoms with Crippen LogP contribution in [0.1, 0.15) is 26.7 Å². The summed E-state index contributed by atoms with van der Waals surface area (Å²) in [7, 11) is -2.81. The van der Waals surface area contributed by atoms with Crippen LogP contribution in [0.5, 0.6) is 0 Å². The van der Waals surface area contributed by atoms with Gasteiger partial charge in [-0.2, -0.15) is 0 Å². The molecule has 0 aromatic rings. The predicted molar refractivity (Wildman–Crippen MR) is 63.9 cm³/mol. The van der Waals surface area contributed by atoms with Gasteiger partial charge >= 0.3 is 7.82 Å². The largest absolute Gasteiger partial charge is 0.472 e. The predicted octanol–water partition coefficient (Wildman–Crippen LogP) is 1.97. The van der Waals surface area contributed by atoms with Crippen molar-refractivity contribution in [1.29, 1.82) is 0 Å². The second kappa shape index (κ2) is 10.00. The summed E-state index contributed by atoms with van der Waals surface area (Å²) in [4.78, 5) is 9.08. The maximum Gasteiger partial charge on any atom is 0.472 e. The molecule has 0 amide bonds. The molecule has 0 bridgehead atoms. The molecule has 0 saturated carbocycles. The number of hydrogen-bond acceptors (Lipinski definition) is 5. The fourth-order valence-corrected chi connectivity index (χ4v) is 1.48. The second-order valence-electron chi connectivity index (χ2n) is 3.51. The minimum absolute atomic E-state index is 0.0225. The summed E-state index contributed by atoms with van der Waals surface area (Å²) >= 11 is 0. The molecule has 0 fully saturated rings. The van der Waals surface area contributed by atoms with Crippen LogP contribution in [-0.2, 0) is 23.1 Å². The standard InChI is InChI=1S/C10H23O6P/c1-4-6-14-8-10(15-7-5-2)9-16-17(11,12)13-3/h10H,4-9H2,1-3H3,(H,11,12). The lowest BCUT2D eigenvalue weighted by molar-refractivity contribution is -0.0418. The van der Waals surface area contributed by atoms with Crippen LogP contribution in [0, 0.1) is 0 Å². The van der Waals surface area contributed by atoms with Crippen LogP contribution >= 0.6 is 7.82 Å². The van der Waals surface area contributed by atoms with Crippen LogP contribution in [0.3, 0.4) is 0 Å². The molecule has 0 rings (SSSR count). The quantitative estimate of drug-likeness (QED) is 0.457. The molecule has 0 aliphatic carbocycles.